The molecule has 3 aromatic rings. The Morgan fingerprint density at radius 1 is 1.27 bits per heavy atom. The molecule has 1 aromatic carbocycles. The van der Waals surface area contributed by atoms with E-state index in [0.29, 0.717) is 5.92 Å². The Hall–Kier alpha value is -2.91. The monoisotopic (exact) mass is 366 g/mol. The number of nitrogens with one attached hydrogen (secondary N) is 1. The Kier molecular flexibility index (Phi) is 3.89. The van der Waals surface area contributed by atoms with E-state index in [0.717, 1.165) is 18.9 Å². The molecule has 0 aliphatic heterocycles. The highest BCUT2D eigenvalue weighted by Gasteiger charge is 2.35. The third kappa shape index (κ3) is 3.39. The zero-order valence-corrected chi connectivity index (χ0v) is 13.3. The number of benzene rings is 1. The molecule has 1 aliphatic carbocycles. The maximum absolute atomic E-state index is 13.4. The van der Waals surface area contributed by atoms with Gasteiger partial charge in [-0.3, -0.25) is 9.78 Å². The van der Waals surface area contributed by atoms with E-state index in [1.54, 1.807) is 0 Å². The van der Waals surface area contributed by atoms with Crippen LogP contribution in [0.1, 0.15) is 29.7 Å². The molecule has 1 N–H and O–H groups in total. The summed E-state index contributed by atoms with van der Waals surface area (Å²) in [4.78, 5) is 18.4. The maximum atomic E-state index is 13.4. The molecule has 4 rings (SSSR count). The summed E-state index contributed by atoms with van der Waals surface area (Å²) in [5.74, 6) is 0.132. The molecule has 0 amide bonds. The van der Waals surface area contributed by atoms with Gasteiger partial charge in [0.05, 0.1) is 12.2 Å². The number of ether oxygens (including phenoxy) is 1. The van der Waals surface area contributed by atoms with E-state index < -0.39 is 17.3 Å². The summed E-state index contributed by atoms with van der Waals surface area (Å²) in [5, 5.41) is 6.97. The van der Waals surface area contributed by atoms with Crippen molar-refractivity contribution in [2.45, 2.75) is 25.4 Å². The topological polar surface area (TPSA) is 93.9 Å². The first-order valence-corrected chi connectivity index (χ1v) is 7.94. The first-order valence-electron chi connectivity index (χ1n) is 7.94. The molecule has 136 valence electrons. The lowest BCUT2D eigenvalue weighted by molar-refractivity contribution is -0.139. The molecule has 0 radical (unpaired) electrons. The standard InChI is InChI=1S/C16H13F3N4O3/c17-16(18,19)10-5-9(3-4-12(10)25-7-8-1-2-8)6-11-15(24)21-14-13(20-11)22-26-23-14/h3-5,8H,1-2,6-7H2,(H,21,23,24). The van der Waals surface area contributed by atoms with Crippen LogP contribution in [0.25, 0.3) is 11.3 Å². The van der Waals surface area contributed by atoms with Crippen LogP contribution in [0.2, 0.25) is 0 Å². The van der Waals surface area contributed by atoms with Crippen LogP contribution in [-0.4, -0.2) is 26.9 Å². The van der Waals surface area contributed by atoms with Gasteiger partial charge in [-0.25, -0.2) is 9.61 Å². The smallest absolute Gasteiger partial charge is 0.419 e. The summed E-state index contributed by atoms with van der Waals surface area (Å²) >= 11 is 0. The van der Waals surface area contributed by atoms with Gasteiger partial charge in [-0.15, -0.1) is 0 Å². The molecule has 0 atom stereocenters. The lowest BCUT2D eigenvalue weighted by Gasteiger charge is -2.15. The molecular weight excluding hydrogens is 353 g/mol. The minimum Gasteiger partial charge on any atom is -0.493 e. The van der Waals surface area contributed by atoms with Crippen molar-refractivity contribution < 1.29 is 22.5 Å². The fourth-order valence-corrected chi connectivity index (χ4v) is 2.53. The lowest BCUT2D eigenvalue weighted by Crippen LogP contribution is -2.16. The number of fused-ring (bicyclic) bond motifs is 1. The van der Waals surface area contributed by atoms with Gasteiger partial charge in [0, 0.05) is 6.42 Å². The van der Waals surface area contributed by atoms with Crippen molar-refractivity contribution in [3.05, 3.63) is 45.4 Å². The quantitative estimate of drug-likeness (QED) is 0.746. The highest BCUT2D eigenvalue weighted by atomic mass is 19.4. The summed E-state index contributed by atoms with van der Waals surface area (Å²) in [5.41, 5.74) is -0.955. The van der Waals surface area contributed by atoms with Gasteiger partial charge in [0.15, 0.2) is 0 Å². The van der Waals surface area contributed by atoms with Gasteiger partial charge in [-0.2, -0.15) is 13.2 Å². The van der Waals surface area contributed by atoms with Crippen LogP contribution in [0.3, 0.4) is 0 Å². The summed E-state index contributed by atoms with van der Waals surface area (Å²) in [6.07, 6.45) is -2.70. The van der Waals surface area contributed by atoms with Crippen LogP contribution in [-0.2, 0) is 12.6 Å². The number of aromatic amines is 1. The van der Waals surface area contributed by atoms with Crippen LogP contribution in [0.15, 0.2) is 27.6 Å². The molecule has 1 saturated carbocycles. The van der Waals surface area contributed by atoms with Gasteiger partial charge in [0.25, 0.3) is 5.56 Å². The van der Waals surface area contributed by atoms with E-state index in [4.69, 9.17) is 4.74 Å². The van der Waals surface area contributed by atoms with Crippen LogP contribution in [0.5, 0.6) is 5.75 Å². The Bertz CT molecular complexity index is 1010. The van der Waals surface area contributed by atoms with E-state index in [2.05, 4.69) is 24.9 Å². The third-order valence-electron chi connectivity index (χ3n) is 4.10. The number of rotatable bonds is 5. The largest absolute Gasteiger partial charge is 0.493 e. The van der Waals surface area contributed by atoms with Crippen LogP contribution in [0.4, 0.5) is 13.2 Å². The molecule has 26 heavy (non-hydrogen) atoms. The molecule has 10 heteroatoms. The normalized spacial score (nSPS) is 14.7. The predicted octanol–water partition coefficient (Wildman–Crippen LogP) is 2.70. The minimum atomic E-state index is -4.56. The first kappa shape index (κ1) is 16.6. The molecule has 2 heterocycles. The average Bonchev–Trinajstić information content (AvgIpc) is 3.31. The highest BCUT2D eigenvalue weighted by molar-refractivity contribution is 5.62. The predicted molar refractivity (Wildman–Crippen MR) is 82.7 cm³/mol. The van der Waals surface area contributed by atoms with E-state index in [1.165, 1.54) is 12.1 Å². The van der Waals surface area contributed by atoms with Crippen molar-refractivity contribution in [3.63, 3.8) is 0 Å². The Morgan fingerprint density at radius 2 is 2.08 bits per heavy atom. The van der Waals surface area contributed by atoms with Gasteiger partial charge < -0.3 is 4.74 Å². The van der Waals surface area contributed by atoms with E-state index in [1.807, 2.05) is 0 Å². The third-order valence-corrected chi connectivity index (χ3v) is 4.10. The van der Waals surface area contributed by atoms with Gasteiger partial charge in [0.2, 0.25) is 11.3 Å². The molecule has 0 spiro atoms. The van der Waals surface area contributed by atoms with Crippen molar-refractivity contribution in [2.75, 3.05) is 6.61 Å². The van der Waals surface area contributed by atoms with Crippen molar-refractivity contribution >= 4 is 11.3 Å². The maximum Gasteiger partial charge on any atom is 0.419 e. The lowest BCUT2D eigenvalue weighted by atomic mass is 10.0. The Labute approximate surface area is 144 Å². The molecule has 1 fully saturated rings. The molecule has 1 aliphatic rings. The second-order valence-electron chi connectivity index (χ2n) is 6.21. The Balaban J connectivity index is 1.64. The molecular formula is C16H13F3N4O3. The van der Waals surface area contributed by atoms with Gasteiger partial charge in [0.1, 0.15) is 11.4 Å². The Morgan fingerprint density at radius 3 is 2.81 bits per heavy atom. The van der Waals surface area contributed by atoms with Crippen molar-refractivity contribution in [1.29, 1.82) is 0 Å². The van der Waals surface area contributed by atoms with Crippen molar-refractivity contribution in [1.82, 2.24) is 20.3 Å². The van der Waals surface area contributed by atoms with E-state index in [-0.39, 0.29) is 41.3 Å². The first-order chi connectivity index (χ1) is 12.4. The number of aromatic nitrogens is 4. The molecule has 0 bridgehead atoms. The van der Waals surface area contributed by atoms with Crippen molar-refractivity contribution in [2.24, 2.45) is 5.92 Å². The number of hydrogen-bond donors (Lipinski definition) is 1. The molecule has 7 nitrogen and oxygen atoms in total. The zero-order valence-electron chi connectivity index (χ0n) is 13.3. The van der Waals surface area contributed by atoms with E-state index >= 15 is 0 Å². The second kappa shape index (κ2) is 6.11. The molecule has 2 aromatic heterocycles. The fourth-order valence-electron chi connectivity index (χ4n) is 2.53. The summed E-state index contributed by atoms with van der Waals surface area (Å²) in [6, 6.07) is 3.75. The number of halogens is 3. The SMILES string of the molecule is O=c1[nH]c2nonc2nc1Cc1ccc(OCC2CC2)c(C(F)(F)F)c1. The highest BCUT2D eigenvalue weighted by Crippen LogP contribution is 2.38. The summed E-state index contributed by atoms with van der Waals surface area (Å²) in [6.45, 7) is 0.277. The summed E-state index contributed by atoms with van der Waals surface area (Å²) < 4.78 is 49.9. The number of H-pyrrole nitrogens is 1. The number of hydrogen-bond acceptors (Lipinski definition) is 6. The van der Waals surface area contributed by atoms with Crippen LogP contribution < -0.4 is 10.3 Å². The number of nitrogens with zero attached hydrogens (tertiary/aromatic N) is 3. The zero-order chi connectivity index (χ0) is 18.3. The van der Waals surface area contributed by atoms with E-state index in [9.17, 15) is 18.0 Å². The van der Waals surface area contributed by atoms with Crippen LogP contribution >= 0.6 is 0 Å². The number of alkyl halides is 3. The van der Waals surface area contributed by atoms with Gasteiger partial charge in [-0.05, 0) is 46.8 Å². The van der Waals surface area contributed by atoms with Gasteiger partial charge in [-0.1, -0.05) is 6.07 Å². The van der Waals surface area contributed by atoms with Crippen LogP contribution in [0, 0.1) is 5.92 Å². The average molecular weight is 366 g/mol. The summed E-state index contributed by atoms with van der Waals surface area (Å²) in [7, 11) is 0. The van der Waals surface area contributed by atoms with Gasteiger partial charge >= 0.3 is 6.18 Å². The molecule has 0 unspecified atom stereocenters. The van der Waals surface area contributed by atoms with Crippen molar-refractivity contribution in [3.8, 4) is 5.75 Å². The second-order valence-corrected chi connectivity index (χ2v) is 6.21. The minimum absolute atomic E-state index is 0.0213. The fraction of sp³-hybridized carbons (Fsp3) is 0.375. The molecule has 0 saturated heterocycles.